The van der Waals surface area contributed by atoms with Gasteiger partial charge in [0.1, 0.15) is 12.4 Å². The number of benzene rings is 2. The number of carbonyl (C=O) groups is 1. The minimum absolute atomic E-state index is 0.179. The van der Waals surface area contributed by atoms with Gasteiger partial charge in [0.05, 0.1) is 5.92 Å². The summed E-state index contributed by atoms with van der Waals surface area (Å²) >= 11 is 0. The summed E-state index contributed by atoms with van der Waals surface area (Å²) in [7, 11) is 0. The van der Waals surface area contributed by atoms with Gasteiger partial charge in [-0.05, 0) is 35.1 Å². The fourth-order valence-corrected chi connectivity index (χ4v) is 3.61. The standard InChI is InChI=1S/C18H16O3/c19-18(20)17-14-9-13-12(16(14)17)7-4-8-15(13)21-10-11-5-2-1-3-6-11/h1-8,14,16-17H,9-10H2,(H,19,20). The topological polar surface area (TPSA) is 46.5 Å². The van der Waals surface area contributed by atoms with E-state index in [1.165, 1.54) is 11.1 Å². The van der Waals surface area contributed by atoms with Crippen molar-refractivity contribution in [2.75, 3.05) is 0 Å². The van der Waals surface area contributed by atoms with Gasteiger partial charge in [0.2, 0.25) is 0 Å². The van der Waals surface area contributed by atoms with Gasteiger partial charge in [0.15, 0.2) is 0 Å². The molecule has 1 saturated carbocycles. The van der Waals surface area contributed by atoms with Gasteiger partial charge in [-0.1, -0.05) is 42.5 Å². The first-order chi connectivity index (χ1) is 10.3. The largest absolute Gasteiger partial charge is 0.489 e. The van der Waals surface area contributed by atoms with Gasteiger partial charge in [0.25, 0.3) is 0 Å². The predicted molar refractivity (Wildman–Crippen MR) is 78.3 cm³/mol. The number of aliphatic carboxylic acids is 1. The van der Waals surface area contributed by atoms with Crippen molar-refractivity contribution >= 4 is 5.97 Å². The summed E-state index contributed by atoms with van der Waals surface area (Å²) < 4.78 is 5.95. The number of rotatable bonds is 4. The average molecular weight is 280 g/mol. The second kappa shape index (κ2) is 4.62. The first-order valence-corrected chi connectivity index (χ1v) is 7.27. The van der Waals surface area contributed by atoms with Crippen LogP contribution in [0.5, 0.6) is 5.75 Å². The quantitative estimate of drug-likeness (QED) is 0.935. The van der Waals surface area contributed by atoms with Crippen LogP contribution in [-0.4, -0.2) is 11.1 Å². The van der Waals surface area contributed by atoms with Gasteiger partial charge in [-0.15, -0.1) is 0 Å². The van der Waals surface area contributed by atoms with Crippen molar-refractivity contribution in [2.24, 2.45) is 11.8 Å². The molecule has 106 valence electrons. The molecule has 4 rings (SSSR count). The number of fused-ring (bicyclic) bond motifs is 3. The van der Waals surface area contributed by atoms with Crippen LogP contribution >= 0.6 is 0 Å². The second-order valence-electron chi connectivity index (χ2n) is 5.86. The molecular formula is C18H16O3. The minimum atomic E-state index is -0.661. The molecule has 0 bridgehead atoms. The van der Waals surface area contributed by atoms with Crippen LogP contribution in [0.1, 0.15) is 22.6 Å². The number of hydrogen-bond acceptors (Lipinski definition) is 2. The third-order valence-electron chi connectivity index (χ3n) is 4.66. The van der Waals surface area contributed by atoms with Crippen LogP contribution in [0.2, 0.25) is 0 Å². The zero-order valence-electron chi connectivity index (χ0n) is 11.5. The summed E-state index contributed by atoms with van der Waals surface area (Å²) in [5.74, 6) is 0.553. The molecule has 2 aromatic carbocycles. The highest BCUT2D eigenvalue weighted by Gasteiger charge is 2.60. The van der Waals surface area contributed by atoms with Crippen molar-refractivity contribution in [1.82, 2.24) is 0 Å². The van der Waals surface area contributed by atoms with Gasteiger partial charge in [-0.25, -0.2) is 0 Å². The van der Waals surface area contributed by atoms with E-state index in [1.54, 1.807) is 0 Å². The lowest BCUT2D eigenvalue weighted by molar-refractivity contribution is -0.139. The van der Waals surface area contributed by atoms with E-state index in [9.17, 15) is 9.90 Å². The van der Waals surface area contributed by atoms with Crippen molar-refractivity contribution in [3.63, 3.8) is 0 Å². The van der Waals surface area contributed by atoms with Crippen LogP contribution in [0, 0.1) is 11.8 Å². The van der Waals surface area contributed by atoms with E-state index >= 15 is 0 Å². The maximum absolute atomic E-state index is 11.1. The molecule has 0 aliphatic heterocycles. The smallest absolute Gasteiger partial charge is 0.307 e. The molecule has 1 N–H and O–H groups in total. The molecule has 3 unspecified atom stereocenters. The first-order valence-electron chi connectivity index (χ1n) is 7.27. The molecular weight excluding hydrogens is 264 g/mol. The molecule has 0 saturated heterocycles. The second-order valence-corrected chi connectivity index (χ2v) is 5.86. The maximum atomic E-state index is 11.1. The SMILES string of the molecule is O=C(O)C1C2Cc3c(OCc4ccccc4)cccc3C21. The molecule has 0 radical (unpaired) electrons. The Hall–Kier alpha value is -2.29. The van der Waals surface area contributed by atoms with Crippen LogP contribution in [0.25, 0.3) is 0 Å². The Kier molecular flexibility index (Phi) is 2.74. The van der Waals surface area contributed by atoms with E-state index < -0.39 is 5.97 Å². The van der Waals surface area contributed by atoms with Crippen molar-refractivity contribution < 1.29 is 14.6 Å². The zero-order chi connectivity index (χ0) is 14.4. The lowest BCUT2D eigenvalue weighted by Crippen LogP contribution is -2.06. The number of carboxylic acids is 1. The molecule has 2 aromatic rings. The minimum Gasteiger partial charge on any atom is -0.489 e. The van der Waals surface area contributed by atoms with Crippen molar-refractivity contribution in [1.29, 1.82) is 0 Å². The Morgan fingerprint density at radius 3 is 2.71 bits per heavy atom. The summed E-state index contributed by atoms with van der Waals surface area (Å²) in [6, 6.07) is 16.1. The normalized spacial score (nSPS) is 25.0. The first kappa shape index (κ1) is 12.5. The van der Waals surface area contributed by atoms with Gasteiger partial charge in [-0.3, -0.25) is 4.79 Å². The van der Waals surface area contributed by atoms with E-state index in [4.69, 9.17) is 4.74 Å². The van der Waals surface area contributed by atoms with Crippen molar-refractivity contribution in [3.05, 3.63) is 65.2 Å². The van der Waals surface area contributed by atoms with Crippen LogP contribution in [0.15, 0.2) is 48.5 Å². The molecule has 3 heteroatoms. The molecule has 3 atom stereocenters. The summed E-state index contributed by atoms with van der Waals surface area (Å²) in [5, 5.41) is 9.17. The average Bonchev–Trinajstić information content (AvgIpc) is 3.10. The van der Waals surface area contributed by atoms with Gasteiger partial charge in [-0.2, -0.15) is 0 Å². The molecule has 21 heavy (non-hydrogen) atoms. The lowest BCUT2D eigenvalue weighted by atomic mass is 10.0. The fraction of sp³-hybridized carbons (Fsp3) is 0.278. The van der Waals surface area contributed by atoms with E-state index in [-0.39, 0.29) is 17.8 Å². The maximum Gasteiger partial charge on any atom is 0.307 e. The number of ether oxygens (including phenoxy) is 1. The predicted octanol–water partition coefficient (Wildman–Crippen LogP) is 3.24. The van der Waals surface area contributed by atoms with E-state index in [0.29, 0.717) is 6.61 Å². The van der Waals surface area contributed by atoms with Crippen molar-refractivity contribution in [3.8, 4) is 5.75 Å². The third kappa shape index (κ3) is 2.00. The van der Waals surface area contributed by atoms with Crippen LogP contribution < -0.4 is 4.74 Å². The zero-order valence-corrected chi connectivity index (χ0v) is 11.5. The van der Waals surface area contributed by atoms with E-state index in [2.05, 4.69) is 6.07 Å². The van der Waals surface area contributed by atoms with Gasteiger partial charge < -0.3 is 9.84 Å². The highest BCUT2D eigenvalue weighted by atomic mass is 16.5. The van der Waals surface area contributed by atoms with Crippen LogP contribution in [-0.2, 0) is 17.8 Å². The Labute approximate surface area is 123 Å². The highest BCUT2D eigenvalue weighted by Crippen LogP contribution is 2.62. The van der Waals surface area contributed by atoms with Gasteiger partial charge >= 0.3 is 5.97 Å². The lowest BCUT2D eigenvalue weighted by Gasteiger charge is -2.13. The van der Waals surface area contributed by atoms with Crippen molar-refractivity contribution in [2.45, 2.75) is 18.9 Å². The Balaban J connectivity index is 1.54. The third-order valence-corrected chi connectivity index (χ3v) is 4.66. The Bertz CT molecular complexity index is 693. The molecule has 2 aliphatic carbocycles. The number of carboxylic acid groups (broad SMARTS) is 1. The Morgan fingerprint density at radius 1 is 1.14 bits per heavy atom. The molecule has 0 aromatic heterocycles. The van der Waals surface area contributed by atoms with Crippen LogP contribution in [0.3, 0.4) is 0 Å². The molecule has 0 spiro atoms. The summed E-state index contributed by atoms with van der Waals surface area (Å²) in [6.45, 7) is 0.551. The molecule has 0 amide bonds. The molecule has 1 fully saturated rings. The summed E-state index contributed by atoms with van der Waals surface area (Å²) in [4.78, 5) is 11.1. The Morgan fingerprint density at radius 2 is 1.95 bits per heavy atom. The fourth-order valence-electron chi connectivity index (χ4n) is 3.61. The highest BCUT2D eigenvalue weighted by molar-refractivity contribution is 5.78. The molecule has 2 aliphatic rings. The summed E-state index contributed by atoms with van der Waals surface area (Å²) in [6.07, 6.45) is 0.835. The summed E-state index contributed by atoms with van der Waals surface area (Å²) in [5.41, 5.74) is 3.53. The van der Waals surface area contributed by atoms with E-state index in [0.717, 1.165) is 17.7 Å². The number of hydrogen-bond donors (Lipinski definition) is 1. The van der Waals surface area contributed by atoms with Crippen LogP contribution in [0.4, 0.5) is 0 Å². The monoisotopic (exact) mass is 280 g/mol. The molecule has 0 heterocycles. The molecule has 3 nitrogen and oxygen atoms in total. The van der Waals surface area contributed by atoms with Gasteiger partial charge in [0, 0.05) is 5.92 Å². The van der Waals surface area contributed by atoms with E-state index in [1.807, 2.05) is 42.5 Å².